The van der Waals surface area contributed by atoms with Gasteiger partial charge in [-0.3, -0.25) is 0 Å². The first-order valence-corrected chi connectivity index (χ1v) is 6.35. The van der Waals surface area contributed by atoms with Crippen LogP contribution in [0.15, 0.2) is 24.3 Å². The van der Waals surface area contributed by atoms with Crippen molar-refractivity contribution in [2.45, 2.75) is 19.6 Å². The summed E-state index contributed by atoms with van der Waals surface area (Å²) in [5.74, 6) is 0.212. The zero-order chi connectivity index (χ0) is 15.6. The molecular weight excluding hydrogens is 305 g/mol. The highest BCUT2D eigenvalue weighted by atomic mass is 35.5. The predicted molar refractivity (Wildman–Crippen MR) is 75.0 cm³/mol. The number of rotatable bonds is 3. The van der Waals surface area contributed by atoms with E-state index in [1.165, 1.54) is 18.2 Å². The van der Waals surface area contributed by atoms with Crippen LogP contribution in [0.1, 0.15) is 16.8 Å². The fourth-order valence-electron chi connectivity index (χ4n) is 1.81. The number of nitrogen functional groups attached to an aromatic ring is 1. The van der Waals surface area contributed by atoms with Crippen LogP contribution < -0.4 is 11.1 Å². The third-order valence-corrected chi connectivity index (χ3v) is 3.05. The van der Waals surface area contributed by atoms with Gasteiger partial charge >= 0.3 is 6.18 Å². The van der Waals surface area contributed by atoms with Gasteiger partial charge in [0.15, 0.2) is 5.82 Å². The molecule has 0 saturated carbocycles. The van der Waals surface area contributed by atoms with Crippen LogP contribution in [0.5, 0.6) is 0 Å². The van der Waals surface area contributed by atoms with Crippen LogP contribution in [0.25, 0.3) is 0 Å². The van der Waals surface area contributed by atoms with Crippen LogP contribution in [0.2, 0.25) is 5.28 Å². The number of hydrogen-bond acceptors (Lipinski definition) is 4. The number of hydrogen-bond donors (Lipinski definition) is 2. The topological polar surface area (TPSA) is 63.8 Å². The maximum absolute atomic E-state index is 12.9. The van der Waals surface area contributed by atoms with Gasteiger partial charge in [0.05, 0.1) is 16.9 Å². The van der Waals surface area contributed by atoms with Crippen LogP contribution in [-0.4, -0.2) is 9.97 Å². The Morgan fingerprint density at radius 1 is 1.24 bits per heavy atom. The SMILES string of the molecule is Cc1nc(Cl)nc(NCc2ccccc2C(F)(F)F)c1N. The van der Waals surface area contributed by atoms with Crippen LogP contribution >= 0.6 is 11.6 Å². The highest BCUT2D eigenvalue weighted by Crippen LogP contribution is 2.32. The standard InChI is InChI=1S/C13H12ClF3N4/c1-7-10(18)11(21-12(14)20-7)19-6-8-4-2-3-5-9(8)13(15,16)17/h2-5H,6,18H2,1H3,(H,19,20,21). The Bertz CT molecular complexity index is 658. The third-order valence-electron chi connectivity index (χ3n) is 2.88. The molecule has 112 valence electrons. The van der Waals surface area contributed by atoms with Gasteiger partial charge in [-0.15, -0.1) is 0 Å². The van der Waals surface area contributed by atoms with Gasteiger partial charge in [-0.25, -0.2) is 4.98 Å². The number of nitrogens with two attached hydrogens (primary N) is 1. The molecule has 0 aliphatic carbocycles. The summed E-state index contributed by atoms with van der Waals surface area (Å²) >= 11 is 5.71. The Labute approximate surface area is 124 Å². The molecule has 0 aliphatic rings. The van der Waals surface area contributed by atoms with Gasteiger partial charge in [-0.1, -0.05) is 18.2 Å². The minimum absolute atomic E-state index is 0.0201. The highest BCUT2D eigenvalue weighted by Gasteiger charge is 2.32. The van der Waals surface area contributed by atoms with Crippen molar-refractivity contribution in [2.75, 3.05) is 11.1 Å². The second kappa shape index (κ2) is 5.77. The van der Waals surface area contributed by atoms with E-state index in [1.54, 1.807) is 6.92 Å². The van der Waals surface area contributed by atoms with Crippen molar-refractivity contribution < 1.29 is 13.2 Å². The Balaban J connectivity index is 2.26. The molecule has 3 N–H and O–H groups in total. The number of aryl methyl sites for hydroxylation is 1. The normalized spacial score (nSPS) is 11.5. The van der Waals surface area contributed by atoms with Crippen molar-refractivity contribution in [2.24, 2.45) is 0 Å². The van der Waals surface area contributed by atoms with Crippen LogP contribution in [0, 0.1) is 6.92 Å². The lowest BCUT2D eigenvalue weighted by molar-refractivity contribution is -0.138. The zero-order valence-corrected chi connectivity index (χ0v) is 11.8. The lowest BCUT2D eigenvalue weighted by Crippen LogP contribution is -2.13. The molecule has 0 spiro atoms. The number of nitrogens with one attached hydrogen (secondary N) is 1. The molecule has 1 aromatic carbocycles. The molecule has 0 fully saturated rings. The van der Waals surface area contributed by atoms with Gasteiger partial charge in [0.1, 0.15) is 0 Å². The van der Waals surface area contributed by atoms with Gasteiger partial charge in [0.2, 0.25) is 5.28 Å². The summed E-state index contributed by atoms with van der Waals surface area (Å²) in [5, 5.41) is 2.74. The fourth-order valence-corrected chi connectivity index (χ4v) is 2.02. The van der Waals surface area contributed by atoms with Crippen molar-refractivity contribution >= 4 is 23.1 Å². The van der Waals surface area contributed by atoms with Gasteiger partial charge in [-0.05, 0) is 30.2 Å². The van der Waals surface area contributed by atoms with Crippen LogP contribution in [0.4, 0.5) is 24.7 Å². The second-order valence-corrected chi connectivity index (χ2v) is 4.69. The van der Waals surface area contributed by atoms with E-state index in [1.807, 2.05) is 0 Å². The smallest absolute Gasteiger partial charge is 0.394 e. The maximum Gasteiger partial charge on any atom is 0.416 e. The van der Waals surface area contributed by atoms with Crippen LogP contribution in [0.3, 0.4) is 0 Å². The molecule has 1 aromatic heterocycles. The van der Waals surface area contributed by atoms with Crippen molar-refractivity contribution in [3.05, 3.63) is 46.4 Å². The van der Waals surface area contributed by atoms with Crippen LogP contribution in [-0.2, 0) is 12.7 Å². The van der Waals surface area contributed by atoms with Gasteiger partial charge in [-0.2, -0.15) is 18.2 Å². The number of benzene rings is 1. The Hall–Kier alpha value is -2.02. The molecule has 0 amide bonds. The van der Waals surface area contributed by atoms with E-state index in [9.17, 15) is 13.2 Å². The molecule has 0 unspecified atom stereocenters. The van der Waals surface area contributed by atoms with Gasteiger partial charge < -0.3 is 11.1 Å². The number of aromatic nitrogens is 2. The van der Waals surface area contributed by atoms with Crippen molar-refractivity contribution in [1.82, 2.24) is 9.97 Å². The average Bonchev–Trinajstić information content (AvgIpc) is 2.40. The molecule has 4 nitrogen and oxygen atoms in total. The summed E-state index contributed by atoms with van der Waals surface area (Å²) in [6.45, 7) is 1.56. The van der Waals surface area contributed by atoms with E-state index in [0.717, 1.165) is 6.07 Å². The van der Waals surface area contributed by atoms with Gasteiger partial charge in [0.25, 0.3) is 0 Å². The summed E-state index contributed by atoms with van der Waals surface area (Å²) < 4.78 is 38.6. The average molecular weight is 317 g/mol. The minimum atomic E-state index is -4.41. The largest absolute Gasteiger partial charge is 0.416 e. The molecule has 0 atom stereocenters. The summed E-state index contributed by atoms with van der Waals surface area (Å²) in [5.41, 5.74) is 5.88. The fraction of sp³-hybridized carbons (Fsp3) is 0.231. The number of nitrogens with zero attached hydrogens (tertiary/aromatic N) is 2. The summed E-state index contributed by atoms with van der Waals surface area (Å²) in [6.07, 6.45) is -4.41. The molecule has 1 heterocycles. The van der Waals surface area contributed by atoms with Crippen molar-refractivity contribution in [1.29, 1.82) is 0 Å². The molecule has 0 radical (unpaired) electrons. The summed E-state index contributed by atoms with van der Waals surface area (Å²) in [4.78, 5) is 7.73. The molecule has 21 heavy (non-hydrogen) atoms. The first-order chi connectivity index (χ1) is 9.79. The van der Waals surface area contributed by atoms with E-state index in [0.29, 0.717) is 5.69 Å². The lowest BCUT2D eigenvalue weighted by atomic mass is 10.1. The molecule has 0 bridgehead atoms. The lowest BCUT2D eigenvalue weighted by Gasteiger charge is -2.14. The molecule has 2 aromatic rings. The summed E-state index contributed by atoms with van der Waals surface area (Å²) in [7, 11) is 0. The zero-order valence-electron chi connectivity index (χ0n) is 11.0. The highest BCUT2D eigenvalue weighted by molar-refractivity contribution is 6.28. The maximum atomic E-state index is 12.9. The first-order valence-electron chi connectivity index (χ1n) is 5.97. The van der Waals surface area contributed by atoms with Gasteiger partial charge in [0, 0.05) is 6.54 Å². The quantitative estimate of drug-likeness (QED) is 0.848. The second-order valence-electron chi connectivity index (χ2n) is 4.35. The van der Waals surface area contributed by atoms with E-state index >= 15 is 0 Å². The molecular formula is C13H12ClF3N4. The molecule has 0 saturated heterocycles. The summed E-state index contributed by atoms with van der Waals surface area (Å²) in [6, 6.07) is 5.29. The monoisotopic (exact) mass is 316 g/mol. The Morgan fingerprint density at radius 3 is 2.57 bits per heavy atom. The number of anilines is 2. The van der Waals surface area contributed by atoms with Crippen molar-refractivity contribution in [3.8, 4) is 0 Å². The van der Waals surface area contributed by atoms with Crippen molar-refractivity contribution in [3.63, 3.8) is 0 Å². The third kappa shape index (κ3) is 3.55. The number of halogens is 4. The molecule has 2 rings (SSSR count). The predicted octanol–water partition coefficient (Wildman–Crippen LogP) is 3.65. The minimum Gasteiger partial charge on any atom is -0.394 e. The van der Waals surface area contributed by atoms with E-state index in [-0.39, 0.29) is 28.9 Å². The molecule has 8 heteroatoms. The van der Waals surface area contributed by atoms with E-state index < -0.39 is 11.7 Å². The first kappa shape index (κ1) is 15.4. The van der Waals surface area contributed by atoms with E-state index in [4.69, 9.17) is 17.3 Å². The Kier molecular flexibility index (Phi) is 4.22. The Morgan fingerprint density at radius 2 is 1.90 bits per heavy atom. The number of alkyl halides is 3. The van der Waals surface area contributed by atoms with E-state index in [2.05, 4.69) is 15.3 Å². The molecule has 0 aliphatic heterocycles.